The maximum Gasteiger partial charge on any atom is 0.415 e. The number of ether oxygens (including phenoxy) is 1. The molecule has 2 aromatic heterocycles. The van der Waals surface area contributed by atoms with Gasteiger partial charge >= 0.3 is 6.09 Å². The summed E-state index contributed by atoms with van der Waals surface area (Å²) in [5.74, 6) is 0.576. The highest BCUT2D eigenvalue weighted by atomic mass is 16.5. The van der Waals surface area contributed by atoms with Crippen LogP contribution >= 0.6 is 0 Å². The molecule has 3 aromatic rings. The molecule has 1 unspecified atom stereocenters. The van der Waals surface area contributed by atoms with Crippen LogP contribution in [0.15, 0.2) is 42.9 Å². The second kappa shape index (κ2) is 7.28. The van der Waals surface area contributed by atoms with E-state index in [1.165, 1.54) is 12.5 Å². The molecule has 0 saturated carbocycles. The summed E-state index contributed by atoms with van der Waals surface area (Å²) in [5.41, 5.74) is 6.75. The van der Waals surface area contributed by atoms with Crippen molar-refractivity contribution in [1.82, 2.24) is 19.4 Å². The summed E-state index contributed by atoms with van der Waals surface area (Å²) in [5, 5.41) is 9.91. The van der Waals surface area contributed by atoms with Crippen LogP contribution in [0.4, 0.5) is 4.79 Å². The van der Waals surface area contributed by atoms with Gasteiger partial charge in [0, 0.05) is 30.7 Å². The molecule has 3 heterocycles. The first-order valence-electron chi connectivity index (χ1n) is 8.84. The van der Waals surface area contributed by atoms with Gasteiger partial charge < -0.3 is 15.6 Å². The molecule has 9 heteroatoms. The summed E-state index contributed by atoms with van der Waals surface area (Å²) >= 11 is 0. The number of rotatable bonds is 5. The predicted octanol–water partition coefficient (Wildman–Crippen LogP) is 2.06. The molecule has 1 saturated heterocycles. The predicted molar refractivity (Wildman–Crippen MR) is 100 cm³/mol. The lowest BCUT2D eigenvalue weighted by Crippen LogP contribution is -2.27. The summed E-state index contributed by atoms with van der Waals surface area (Å²) in [4.78, 5) is 33.0. The standard InChI is InChI=1S/C19H19N5O4/c20-18(25)13-3-5-23(9-13)10-14-8-17(22-11-21-14)28-15-1-2-16-12(7-15)4-6-24(16)19(26)27/h1-2,4,6-8,11,13H,3,5,9-10H2,(H2,20,25)(H,26,27). The van der Waals surface area contributed by atoms with Gasteiger partial charge in [-0.05, 0) is 37.2 Å². The molecular formula is C19H19N5O4. The Bertz CT molecular complexity index is 1050. The Morgan fingerprint density at radius 1 is 1.25 bits per heavy atom. The number of benzene rings is 1. The Labute approximate surface area is 160 Å². The Morgan fingerprint density at radius 2 is 2.11 bits per heavy atom. The van der Waals surface area contributed by atoms with Gasteiger partial charge in [0.05, 0.1) is 17.1 Å². The summed E-state index contributed by atoms with van der Waals surface area (Å²) in [7, 11) is 0. The van der Waals surface area contributed by atoms with Crippen molar-refractivity contribution in [3.8, 4) is 11.6 Å². The average Bonchev–Trinajstić information content (AvgIpc) is 3.28. The highest BCUT2D eigenvalue weighted by Gasteiger charge is 2.26. The summed E-state index contributed by atoms with van der Waals surface area (Å²) in [6, 6.07) is 8.61. The van der Waals surface area contributed by atoms with Crippen LogP contribution in [-0.2, 0) is 11.3 Å². The van der Waals surface area contributed by atoms with Crippen LogP contribution in [-0.4, -0.2) is 49.6 Å². The van der Waals surface area contributed by atoms with Gasteiger partial charge in [0.1, 0.15) is 12.1 Å². The van der Waals surface area contributed by atoms with Gasteiger partial charge in [-0.1, -0.05) is 0 Å². The average molecular weight is 381 g/mol. The molecule has 4 rings (SSSR count). The molecular weight excluding hydrogens is 362 g/mol. The topological polar surface area (TPSA) is 124 Å². The minimum Gasteiger partial charge on any atom is -0.464 e. The Kier molecular flexibility index (Phi) is 4.66. The van der Waals surface area contributed by atoms with E-state index in [0.29, 0.717) is 30.2 Å². The van der Waals surface area contributed by atoms with E-state index in [-0.39, 0.29) is 11.8 Å². The number of carboxylic acid groups (broad SMARTS) is 1. The zero-order valence-corrected chi connectivity index (χ0v) is 15.0. The summed E-state index contributed by atoms with van der Waals surface area (Å²) < 4.78 is 6.97. The third-order valence-corrected chi connectivity index (χ3v) is 4.85. The number of nitrogens with zero attached hydrogens (tertiary/aromatic N) is 4. The first-order chi connectivity index (χ1) is 13.5. The quantitative estimate of drug-likeness (QED) is 0.693. The molecule has 3 N–H and O–H groups in total. The molecule has 1 fully saturated rings. The second-order valence-corrected chi connectivity index (χ2v) is 6.76. The van der Waals surface area contributed by atoms with E-state index in [1.54, 1.807) is 30.3 Å². The number of primary amides is 1. The minimum absolute atomic E-state index is 0.109. The van der Waals surface area contributed by atoms with E-state index >= 15 is 0 Å². The molecule has 1 aliphatic rings. The van der Waals surface area contributed by atoms with Crippen LogP contribution < -0.4 is 10.5 Å². The van der Waals surface area contributed by atoms with E-state index in [9.17, 15) is 9.59 Å². The van der Waals surface area contributed by atoms with Crippen molar-refractivity contribution in [3.05, 3.63) is 48.5 Å². The van der Waals surface area contributed by atoms with Gasteiger partial charge in [0.25, 0.3) is 0 Å². The third-order valence-electron chi connectivity index (χ3n) is 4.85. The smallest absolute Gasteiger partial charge is 0.415 e. The van der Waals surface area contributed by atoms with Crippen LogP contribution in [0, 0.1) is 5.92 Å². The summed E-state index contributed by atoms with van der Waals surface area (Å²) in [6.45, 7) is 2.01. The normalized spacial score (nSPS) is 17.1. The fraction of sp³-hybridized carbons (Fsp3) is 0.263. The number of hydrogen-bond donors (Lipinski definition) is 2. The number of aromatic nitrogens is 3. The molecule has 0 bridgehead atoms. The molecule has 144 valence electrons. The molecule has 1 aliphatic heterocycles. The minimum atomic E-state index is -1.04. The molecule has 1 amide bonds. The molecule has 9 nitrogen and oxygen atoms in total. The number of likely N-dealkylation sites (tertiary alicyclic amines) is 1. The van der Waals surface area contributed by atoms with Crippen molar-refractivity contribution < 1.29 is 19.4 Å². The van der Waals surface area contributed by atoms with E-state index in [1.807, 2.05) is 0 Å². The molecule has 0 spiro atoms. The monoisotopic (exact) mass is 381 g/mol. The molecule has 28 heavy (non-hydrogen) atoms. The van der Waals surface area contributed by atoms with Crippen LogP contribution in [0.3, 0.4) is 0 Å². The number of nitrogens with two attached hydrogens (primary N) is 1. The van der Waals surface area contributed by atoms with Gasteiger partial charge in [-0.25, -0.2) is 14.8 Å². The fourth-order valence-corrected chi connectivity index (χ4v) is 3.43. The van der Waals surface area contributed by atoms with Crippen LogP contribution in [0.1, 0.15) is 12.1 Å². The van der Waals surface area contributed by atoms with Gasteiger partial charge in [-0.3, -0.25) is 14.3 Å². The van der Waals surface area contributed by atoms with Gasteiger partial charge in [-0.15, -0.1) is 0 Å². The first-order valence-corrected chi connectivity index (χ1v) is 8.84. The molecule has 1 aromatic carbocycles. The lowest BCUT2D eigenvalue weighted by molar-refractivity contribution is -0.121. The van der Waals surface area contributed by atoms with Crippen molar-refractivity contribution >= 4 is 22.9 Å². The largest absolute Gasteiger partial charge is 0.464 e. The van der Waals surface area contributed by atoms with Crippen LogP contribution in [0.5, 0.6) is 11.6 Å². The molecule has 1 atom stereocenters. The van der Waals surface area contributed by atoms with Gasteiger partial charge in [-0.2, -0.15) is 0 Å². The van der Waals surface area contributed by atoms with Crippen molar-refractivity contribution in [1.29, 1.82) is 0 Å². The van der Waals surface area contributed by atoms with Crippen molar-refractivity contribution in [3.63, 3.8) is 0 Å². The van der Waals surface area contributed by atoms with Gasteiger partial charge in [0.2, 0.25) is 11.8 Å². The number of carbonyl (C=O) groups excluding carboxylic acids is 1. The molecule has 0 radical (unpaired) electrons. The summed E-state index contributed by atoms with van der Waals surface area (Å²) in [6.07, 6.45) is 2.66. The van der Waals surface area contributed by atoms with Crippen molar-refractivity contribution in [2.24, 2.45) is 11.7 Å². The zero-order valence-electron chi connectivity index (χ0n) is 15.0. The number of fused-ring (bicyclic) bond motifs is 1. The van der Waals surface area contributed by atoms with E-state index < -0.39 is 6.09 Å². The molecule has 0 aliphatic carbocycles. The second-order valence-electron chi connectivity index (χ2n) is 6.76. The van der Waals surface area contributed by atoms with Crippen LogP contribution in [0.2, 0.25) is 0 Å². The Hall–Kier alpha value is -3.46. The van der Waals surface area contributed by atoms with E-state index in [4.69, 9.17) is 15.6 Å². The van der Waals surface area contributed by atoms with E-state index in [0.717, 1.165) is 28.6 Å². The number of hydrogen-bond acceptors (Lipinski definition) is 6. The number of amides is 1. The Balaban J connectivity index is 1.47. The lowest BCUT2D eigenvalue weighted by Gasteiger charge is -2.15. The number of carbonyl (C=O) groups is 2. The maximum absolute atomic E-state index is 11.3. The van der Waals surface area contributed by atoms with Crippen molar-refractivity contribution in [2.45, 2.75) is 13.0 Å². The highest BCUT2D eigenvalue weighted by molar-refractivity contribution is 5.89. The first kappa shape index (κ1) is 17.9. The Morgan fingerprint density at radius 3 is 2.86 bits per heavy atom. The van der Waals surface area contributed by atoms with Gasteiger partial charge in [0.15, 0.2) is 0 Å². The van der Waals surface area contributed by atoms with E-state index in [2.05, 4.69) is 14.9 Å². The maximum atomic E-state index is 11.3. The lowest BCUT2D eigenvalue weighted by atomic mass is 10.1. The van der Waals surface area contributed by atoms with Crippen LogP contribution in [0.25, 0.3) is 10.9 Å². The third kappa shape index (κ3) is 3.65. The zero-order chi connectivity index (χ0) is 19.7. The highest BCUT2D eigenvalue weighted by Crippen LogP contribution is 2.26. The van der Waals surface area contributed by atoms with Crippen molar-refractivity contribution in [2.75, 3.05) is 13.1 Å². The SMILES string of the molecule is NC(=O)C1CCN(Cc2cc(Oc3ccc4c(ccn4C(=O)O)c3)ncn2)C1. The fourth-order valence-electron chi connectivity index (χ4n) is 3.43.